The third kappa shape index (κ3) is 11.1. The molecule has 25 atom stereocenters. The van der Waals surface area contributed by atoms with Crippen molar-refractivity contribution in [2.75, 3.05) is 33.0 Å². The minimum Gasteiger partial charge on any atom is -0.394 e. The van der Waals surface area contributed by atoms with Gasteiger partial charge in [-0.1, -0.05) is 0 Å². The molecule has 5 rings (SSSR count). The Morgan fingerprint density at radius 2 is 0.823 bits per heavy atom. The van der Waals surface area contributed by atoms with Crippen LogP contribution < -0.4 is 10.6 Å². The molecule has 5 fully saturated rings. The summed E-state index contributed by atoms with van der Waals surface area (Å²) in [7, 11) is 0. The van der Waals surface area contributed by atoms with E-state index in [9.17, 15) is 86.2 Å². The van der Waals surface area contributed by atoms with Gasteiger partial charge in [-0.3, -0.25) is 9.59 Å². The number of carbonyl (C=O) groups is 2. The second-order valence-corrected chi connectivity index (χ2v) is 15.5. The van der Waals surface area contributed by atoms with Gasteiger partial charge in [-0.25, -0.2) is 0 Å². The van der Waals surface area contributed by atoms with E-state index in [1.54, 1.807) is 0 Å². The first-order valence-electron chi connectivity index (χ1n) is 19.6. The topological polar surface area (TPSA) is 445 Å². The zero-order valence-electron chi connectivity index (χ0n) is 33.2. The second kappa shape index (κ2) is 22.0. The summed E-state index contributed by atoms with van der Waals surface area (Å²) in [6, 6.07) is -3.04. The maximum absolute atomic E-state index is 12.1. The molecule has 0 unspecified atom stereocenters. The number of rotatable bonds is 15. The van der Waals surface area contributed by atoms with Crippen LogP contribution >= 0.6 is 0 Å². The third-order valence-corrected chi connectivity index (χ3v) is 11.1. The molecule has 360 valence electrons. The van der Waals surface area contributed by atoms with Crippen molar-refractivity contribution in [3.8, 4) is 0 Å². The van der Waals surface area contributed by atoms with Crippen LogP contribution in [0.5, 0.6) is 0 Å². The molecule has 0 saturated carbocycles. The Bertz CT molecular complexity index is 1440. The third-order valence-electron chi connectivity index (χ3n) is 11.1. The SMILES string of the molecule is CC(=O)N[C@H]1[C@H](OC[C@H]2O[C@H](OC[C@H]3O[C@@H](O)[C@@H](O)[C@@H](O[C@H]4O[C@H](CO)[C@@H](O)[C@H](O)[C@@H]4O)[C@@H]3O)[C@@H](O[C@@H]3O[C@H](CO)[C@@H](O)[C@H](O)[C@H]3NC(C)=O)[C@@H](O)[C@@H]2O)O[C@H](CO)[C@@H](O)[C@@H]1O. The maximum Gasteiger partial charge on any atom is 0.217 e. The lowest BCUT2D eigenvalue weighted by molar-refractivity contribution is -0.373. The van der Waals surface area contributed by atoms with Gasteiger partial charge in [-0.15, -0.1) is 0 Å². The standard InChI is InChI=1S/C34H58N2O26/c1-8(40)35-15-22(47)17(42)10(3-37)57-31(15)54-6-13-20(45)25(50)29(62-32-16(36-9(2)41)23(48)18(43)11(4-38)58-32)34(60-13)55-7-14-21(46)28(27(52)30(53)56-14)61-33-26(51)24(49)19(44)12(5-39)59-33/h10-34,37-39,42-53H,3-7H2,1-2H3,(H,35,40)(H,36,41)/t10-,11-,12-,13-,14-,15-,16-,17-,18-,19-,20-,21-,22-,23-,24+,25+,26+,27+,28+,29+,30-,31-,32+,33-,34+/m1/s1. The highest BCUT2D eigenvalue weighted by Crippen LogP contribution is 2.33. The van der Waals surface area contributed by atoms with Gasteiger partial charge in [0.15, 0.2) is 31.5 Å². The van der Waals surface area contributed by atoms with Gasteiger partial charge in [0.1, 0.15) is 122 Å². The number of nitrogens with one attached hydrogen (secondary N) is 2. The van der Waals surface area contributed by atoms with Gasteiger partial charge >= 0.3 is 0 Å². The largest absolute Gasteiger partial charge is 0.394 e. The van der Waals surface area contributed by atoms with Gasteiger partial charge in [0.25, 0.3) is 0 Å². The minimum atomic E-state index is -2.14. The number of hydrogen-bond donors (Lipinski definition) is 17. The van der Waals surface area contributed by atoms with E-state index >= 15 is 0 Å². The van der Waals surface area contributed by atoms with E-state index in [1.807, 2.05) is 0 Å². The molecule has 0 radical (unpaired) electrons. The smallest absolute Gasteiger partial charge is 0.217 e. The Labute approximate surface area is 351 Å². The highest BCUT2D eigenvalue weighted by molar-refractivity contribution is 5.73. The molecule has 5 aliphatic rings. The predicted octanol–water partition coefficient (Wildman–Crippen LogP) is -11.6. The van der Waals surface area contributed by atoms with Gasteiger partial charge in [0.2, 0.25) is 11.8 Å². The first-order chi connectivity index (χ1) is 29.2. The van der Waals surface area contributed by atoms with E-state index in [4.69, 9.17) is 42.6 Å². The Morgan fingerprint density at radius 3 is 1.34 bits per heavy atom. The van der Waals surface area contributed by atoms with Gasteiger partial charge in [-0.05, 0) is 0 Å². The van der Waals surface area contributed by atoms with Crippen LogP contribution in [0.4, 0.5) is 0 Å². The molecular formula is C34H58N2O26. The normalized spacial score (nSPS) is 49.0. The summed E-state index contributed by atoms with van der Waals surface area (Å²) in [5.74, 6) is -1.44. The van der Waals surface area contributed by atoms with Crippen molar-refractivity contribution in [3.63, 3.8) is 0 Å². The van der Waals surface area contributed by atoms with E-state index in [0.717, 1.165) is 13.8 Å². The molecule has 28 heteroatoms. The molecule has 0 spiro atoms. The van der Waals surface area contributed by atoms with Gasteiger partial charge in [-0.2, -0.15) is 0 Å². The highest BCUT2D eigenvalue weighted by Gasteiger charge is 2.55. The molecule has 5 heterocycles. The second-order valence-electron chi connectivity index (χ2n) is 15.5. The van der Waals surface area contributed by atoms with Crippen molar-refractivity contribution in [2.45, 2.75) is 167 Å². The fourth-order valence-electron chi connectivity index (χ4n) is 7.61. The van der Waals surface area contributed by atoms with Crippen molar-refractivity contribution >= 4 is 11.8 Å². The highest BCUT2D eigenvalue weighted by atomic mass is 16.8. The molecule has 0 aromatic heterocycles. The van der Waals surface area contributed by atoms with Crippen molar-refractivity contribution in [1.82, 2.24) is 10.6 Å². The lowest BCUT2D eigenvalue weighted by Gasteiger charge is -2.48. The number of amides is 2. The van der Waals surface area contributed by atoms with Gasteiger partial charge < -0.3 is 130 Å². The number of hydrogen-bond acceptors (Lipinski definition) is 26. The summed E-state index contributed by atoms with van der Waals surface area (Å²) in [6.45, 7) is -2.03. The molecule has 2 amide bonds. The Hall–Kier alpha value is -2.02. The average Bonchev–Trinajstić information content (AvgIpc) is 3.23. The summed E-state index contributed by atoms with van der Waals surface area (Å²) in [4.78, 5) is 24.0. The average molecular weight is 911 g/mol. The first-order valence-corrected chi connectivity index (χ1v) is 19.6. The van der Waals surface area contributed by atoms with Crippen LogP contribution in [0.2, 0.25) is 0 Å². The molecular weight excluding hydrogens is 852 g/mol. The minimum absolute atomic E-state index is 0.687. The van der Waals surface area contributed by atoms with Crippen LogP contribution in [-0.2, 0) is 52.2 Å². The van der Waals surface area contributed by atoms with Crippen LogP contribution in [0, 0.1) is 0 Å². The Morgan fingerprint density at radius 1 is 0.419 bits per heavy atom. The quantitative estimate of drug-likeness (QED) is 0.0725. The lowest BCUT2D eigenvalue weighted by atomic mass is 9.95. The number of aliphatic hydroxyl groups excluding tert-OH is 15. The van der Waals surface area contributed by atoms with Crippen LogP contribution in [-0.4, -0.2) is 275 Å². The van der Waals surface area contributed by atoms with Crippen LogP contribution in [0.1, 0.15) is 13.8 Å². The van der Waals surface area contributed by atoms with Crippen LogP contribution in [0.25, 0.3) is 0 Å². The maximum atomic E-state index is 12.1. The summed E-state index contributed by atoms with van der Waals surface area (Å²) in [5.41, 5.74) is 0. The van der Waals surface area contributed by atoms with Gasteiger partial charge in [0.05, 0.1) is 33.0 Å². The van der Waals surface area contributed by atoms with E-state index in [1.165, 1.54) is 0 Å². The Balaban J connectivity index is 1.39. The summed E-state index contributed by atoms with van der Waals surface area (Å²) in [5, 5.41) is 162. The number of carbonyl (C=O) groups excluding carboxylic acids is 2. The van der Waals surface area contributed by atoms with Crippen molar-refractivity contribution < 1.29 is 129 Å². The molecule has 0 aromatic rings. The summed E-state index contributed by atoms with van der Waals surface area (Å²) < 4.78 is 50.7. The fourth-order valence-corrected chi connectivity index (χ4v) is 7.61. The lowest BCUT2D eigenvalue weighted by Crippen LogP contribution is -2.68. The molecule has 62 heavy (non-hydrogen) atoms. The predicted molar refractivity (Wildman–Crippen MR) is 190 cm³/mol. The fraction of sp³-hybridized carbons (Fsp3) is 0.941. The molecule has 0 bridgehead atoms. The molecule has 28 nitrogen and oxygen atoms in total. The van der Waals surface area contributed by atoms with E-state index < -0.39 is 198 Å². The molecule has 5 aliphatic heterocycles. The van der Waals surface area contributed by atoms with Crippen molar-refractivity contribution in [2.24, 2.45) is 0 Å². The monoisotopic (exact) mass is 910 g/mol. The van der Waals surface area contributed by atoms with Gasteiger partial charge in [0, 0.05) is 13.8 Å². The number of ether oxygens (including phenoxy) is 9. The summed E-state index contributed by atoms with van der Waals surface area (Å²) in [6.07, 6.45) is -41.9. The van der Waals surface area contributed by atoms with E-state index in [0.29, 0.717) is 0 Å². The molecule has 0 aliphatic carbocycles. The van der Waals surface area contributed by atoms with Crippen molar-refractivity contribution in [1.29, 1.82) is 0 Å². The van der Waals surface area contributed by atoms with E-state index in [2.05, 4.69) is 10.6 Å². The zero-order chi connectivity index (χ0) is 45.9. The molecule has 5 saturated heterocycles. The molecule has 0 aromatic carbocycles. The zero-order valence-corrected chi connectivity index (χ0v) is 33.2. The van der Waals surface area contributed by atoms with Crippen LogP contribution in [0.15, 0.2) is 0 Å². The Kier molecular flexibility index (Phi) is 18.1. The number of aliphatic hydroxyl groups is 15. The van der Waals surface area contributed by atoms with Crippen LogP contribution in [0.3, 0.4) is 0 Å². The first kappa shape index (κ1) is 51.0. The summed E-state index contributed by atoms with van der Waals surface area (Å²) >= 11 is 0. The van der Waals surface area contributed by atoms with Crippen molar-refractivity contribution in [3.05, 3.63) is 0 Å². The van der Waals surface area contributed by atoms with E-state index in [-0.39, 0.29) is 0 Å². The molecule has 17 N–H and O–H groups in total.